The molecule has 0 amide bonds. The highest BCUT2D eigenvalue weighted by Gasteiger charge is 2.60. The third-order valence-corrected chi connectivity index (χ3v) is 8.71. The second-order valence-electron chi connectivity index (χ2n) is 6.39. The second-order valence-corrected chi connectivity index (χ2v) is 10.6. The van der Waals surface area contributed by atoms with Crippen molar-refractivity contribution in [2.45, 2.75) is 57.7 Å². The average Bonchev–Trinajstić information content (AvgIpc) is 2.86. The molecule has 0 N–H and O–H groups in total. The molecule has 2 bridgehead atoms. The van der Waals surface area contributed by atoms with Gasteiger partial charge in [0.05, 0.1) is 0 Å². The van der Waals surface area contributed by atoms with Gasteiger partial charge in [0, 0.05) is 10.6 Å². The zero-order chi connectivity index (χ0) is 13.6. The predicted octanol–water partition coefficient (Wildman–Crippen LogP) is 4.20. The minimum Gasteiger partial charge on any atom is -0.515 e. The SMILES string of the molecule is C=C(C)C(=O)O[Si](C)(C)C12CCC(CC1=CC)C2. The first-order valence-electron chi connectivity index (χ1n) is 6.87. The van der Waals surface area contributed by atoms with Crippen LogP contribution in [0.2, 0.25) is 18.1 Å². The van der Waals surface area contributed by atoms with Crippen LogP contribution in [-0.2, 0) is 9.22 Å². The van der Waals surface area contributed by atoms with Gasteiger partial charge in [-0.1, -0.05) is 18.2 Å². The number of carbonyl (C=O) groups is 1. The molecule has 100 valence electrons. The fourth-order valence-corrected chi connectivity index (χ4v) is 7.24. The lowest BCUT2D eigenvalue weighted by molar-refractivity contribution is -0.131. The van der Waals surface area contributed by atoms with Crippen LogP contribution in [0.5, 0.6) is 0 Å². The summed E-state index contributed by atoms with van der Waals surface area (Å²) in [5.41, 5.74) is 2.06. The third-order valence-electron chi connectivity index (χ3n) is 4.94. The van der Waals surface area contributed by atoms with E-state index >= 15 is 0 Å². The van der Waals surface area contributed by atoms with Crippen molar-refractivity contribution in [3.63, 3.8) is 0 Å². The Balaban J connectivity index is 2.28. The molecule has 2 rings (SSSR count). The molecule has 0 radical (unpaired) electrons. The van der Waals surface area contributed by atoms with Crippen LogP contribution in [0, 0.1) is 5.92 Å². The van der Waals surface area contributed by atoms with Crippen LogP contribution in [0.25, 0.3) is 0 Å². The van der Waals surface area contributed by atoms with Crippen molar-refractivity contribution < 1.29 is 9.22 Å². The lowest BCUT2D eigenvalue weighted by Crippen LogP contribution is -2.46. The zero-order valence-electron chi connectivity index (χ0n) is 12.0. The molecule has 0 heterocycles. The summed E-state index contributed by atoms with van der Waals surface area (Å²) >= 11 is 0. The predicted molar refractivity (Wildman–Crippen MR) is 76.8 cm³/mol. The molecule has 2 saturated carbocycles. The molecule has 2 aliphatic rings. The molecule has 0 aliphatic heterocycles. The number of allylic oxidation sites excluding steroid dienone is 2. The Morgan fingerprint density at radius 1 is 1.56 bits per heavy atom. The van der Waals surface area contributed by atoms with E-state index in [2.05, 4.69) is 32.7 Å². The minimum atomic E-state index is -2.07. The molecule has 0 aromatic heterocycles. The van der Waals surface area contributed by atoms with Crippen LogP contribution >= 0.6 is 0 Å². The van der Waals surface area contributed by atoms with E-state index in [0.717, 1.165) is 5.92 Å². The number of fused-ring (bicyclic) bond motifs is 2. The molecular formula is C15H24O2Si. The van der Waals surface area contributed by atoms with Crippen molar-refractivity contribution >= 4 is 14.3 Å². The Morgan fingerprint density at radius 2 is 2.22 bits per heavy atom. The largest absolute Gasteiger partial charge is 0.515 e. The summed E-state index contributed by atoms with van der Waals surface area (Å²) in [4.78, 5) is 11.9. The first-order chi connectivity index (χ1) is 8.32. The van der Waals surface area contributed by atoms with E-state index in [1.807, 2.05) is 0 Å². The Bertz CT molecular complexity index is 422. The van der Waals surface area contributed by atoms with Gasteiger partial charge in [-0.05, 0) is 58.5 Å². The molecule has 2 aliphatic carbocycles. The summed E-state index contributed by atoms with van der Waals surface area (Å²) in [6.07, 6.45) is 7.23. The van der Waals surface area contributed by atoms with Gasteiger partial charge in [0.2, 0.25) is 0 Å². The molecule has 18 heavy (non-hydrogen) atoms. The summed E-state index contributed by atoms with van der Waals surface area (Å²) in [6.45, 7) is 12.0. The lowest BCUT2D eigenvalue weighted by Gasteiger charge is -2.41. The van der Waals surface area contributed by atoms with Gasteiger partial charge in [-0.2, -0.15) is 0 Å². The summed E-state index contributed by atoms with van der Waals surface area (Å²) < 4.78 is 5.90. The van der Waals surface area contributed by atoms with Crippen molar-refractivity contribution in [2.24, 2.45) is 5.92 Å². The van der Waals surface area contributed by atoms with Crippen LogP contribution in [0.15, 0.2) is 23.8 Å². The Labute approximate surface area is 111 Å². The number of hydrogen-bond donors (Lipinski definition) is 0. The van der Waals surface area contributed by atoms with Gasteiger partial charge >= 0.3 is 5.97 Å². The number of rotatable bonds is 3. The van der Waals surface area contributed by atoms with Gasteiger partial charge in [-0.25, -0.2) is 4.79 Å². The maximum absolute atomic E-state index is 11.9. The van der Waals surface area contributed by atoms with Gasteiger partial charge in [0.15, 0.2) is 0 Å². The van der Waals surface area contributed by atoms with Gasteiger partial charge in [0.1, 0.15) is 0 Å². The smallest absolute Gasteiger partial charge is 0.319 e. The van der Waals surface area contributed by atoms with E-state index in [0.29, 0.717) is 5.57 Å². The van der Waals surface area contributed by atoms with Crippen molar-refractivity contribution in [1.29, 1.82) is 0 Å². The maximum atomic E-state index is 11.9. The van der Waals surface area contributed by atoms with Crippen molar-refractivity contribution in [3.8, 4) is 0 Å². The molecule has 2 atom stereocenters. The Hall–Kier alpha value is -0.833. The van der Waals surface area contributed by atoms with E-state index in [-0.39, 0.29) is 11.0 Å². The van der Waals surface area contributed by atoms with Crippen LogP contribution in [0.4, 0.5) is 0 Å². The van der Waals surface area contributed by atoms with Crippen LogP contribution in [-0.4, -0.2) is 14.3 Å². The second kappa shape index (κ2) is 4.37. The van der Waals surface area contributed by atoms with Gasteiger partial charge in [-0.15, -0.1) is 0 Å². The molecule has 2 nitrogen and oxygen atoms in total. The summed E-state index contributed by atoms with van der Waals surface area (Å²) in [7, 11) is -2.07. The fourth-order valence-electron chi connectivity index (χ4n) is 3.86. The maximum Gasteiger partial charge on any atom is 0.319 e. The van der Waals surface area contributed by atoms with Crippen LogP contribution in [0.1, 0.15) is 39.5 Å². The number of hydrogen-bond acceptors (Lipinski definition) is 2. The topological polar surface area (TPSA) is 26.3 Å². The quantitative estimate of drug-likeness (QED) is 0.434. The molecule has 0 aromatic carbocycles. The van der Waals surface area contributed by atoms with Crippen molar-refractivity contribution in [2.75, 3.05) is 0 Å². The van der Waals surface area contributed by atoms with Crippen LogP contribution in [0.3, 0.4) is 0 Å². The first-order valence-corrected chi connectivity index (χ1v) is 9.78. The summed E-state index contributed by atoms with van der Waals surface area (Å²) in [5, 5.41) is 0.206. The standard InChI is InChI=1S/C15H24O2Si/c1-6-13-9-12-7-8-15(13,10-12)18(4,5)17-14(16)11(2)3/h6,12H,2,7-10H2,1,3-5H3. The van der Waals surface area contributed by atoms with Crippen molar-refractivity contribution in [1.82, 2.24) is 0 Å². The highest BCUT2D eigenvalue weighted by molar-refractivity contribution is 6.76. The van der Waals surface area contributed by atoms with E-state index in [1.54, 1.807) is 12.5 Å². The normalized spacial score (nSPS) is 32.9. The Kier molecular flexibility index (Phi) is 3.30. The highest BCUT2D eigenvalue weighted by Crippen LogP contribution is 2.67. The first kappa shape index (κ1) is 13.6. The van der Waals surface area contributed by atoms with E-state index < -0.39 is 8.32 Å². The molecular weight excluding hydrogens is 240 g/mol. The highest BCUT2D eigenvalue weighted by atomic mass is 28.4. The van der Waals surface area contributed by atoms with Gasteiger partial charge in [0.25, 0.3) is 8.32 Å². The number of carbonyl (C=O) groups excluding carboxylic acids is 1. The van der Waals surface area contributed by atoms with E-state index in [1.165, 1.54) is 25.7 Å². The molecule has 0 spiro atoms. The van der Waals surface area contributed by atoms with Crippen molar-refractivity contribution in [3.05, 3.63) is 23.8 Å². The zero-order valence-corrected chi connectivity index (χ0v) is 13.0. The van der Waals surface area contributed by atoms with Crippen LogP contribution < -0.4 is 0 Å². The fraction of sp³-hybridized carbons (Fsp3) is 0.667. The minimum absolute atomic E-state index is 0.202. The average molecular weight is 264 g/mol. The molecule has 0 saturated heterocycles. The van der Waals surface area contributed by atoms with E-state index in [9.17, 15) is 4.79 Å². The van der Waals surface area contributed by atoms with E-state index in [4.69, 9.17) is 4.43 Å². The molecule has 0 aromatic rings. The van der Waals surface area contributed by atoms with Gasteiger partial charge < -0.3 is 4.43 Å². The summed E-state index contributed by atoms with van der Waals surface area (Å²) in [5.74, 6) is 0.623. The Morgan fingerprint density at radius 3 is 2.72 bits per heavy atom. The molecule has 2 fully saturated rings. The van der Waals surface area contributed by atoms with Gasteiger partial charge in [-0.3, -0.25) is 0 Å². The summed E-state index contributed by atoms with van der Waals surface area (Å²) in [6, 6.07) is 0. The molecule has 3 heteroatoms. The lowest BCUT2D eigenvalue weighted by atomic mass is 9.94. The molecule has 2 unspecified atom stereocenters. The third kappa shape index (κ3) is 1.89. The monoisotopic (exact) mass is 264 g/mol.